The molecule has 2 N–H and O–H groups in total. The molecule has 0 saturated heterocycles. The Labute approximate surface area is 113 Å². The highest BCUT2D eigenvalue weighted by Crippen LogP contribution is 2.27. The van der Waals surface area contributed by atoms with Crippen LogP contribution < -0.4 is 9.44 Å². The molecular weight excluding hydrogens is 260 g/mol. The van der Waals surface area contributed by atoms with Gasteiger partial charge in [-0.25, -0.2) is 9.44 Å². The second-order valence-electron chi connectivity index (χ2n) is 4.48. The maximum Gasteiger partial charge on any atom is 0.303 e. The summed E-state index contributed by atoms with van der Waals surface area (Å²) in [6, 6.07) is 14.3. The predicted octanol–water partition coefficient (Wildman–Crippen LogP) is 2.65. The van der Waals surface area contributed by atoms with Gasteiger partial charge in [-0.1, -0.05) is 35.4 Å². The van der Waals surface area contributed by atoms with Crippen molar-refractivity contribution in [2.24, 2.45) is 5.14 Å². The zero-order chi connectivity index (χ0) is 14.0. The molecule has 2 aromatic carbocycles. The van der Waals surface area contributed by atoms with Crippen molar-refractivity contribution in [3.8, 4) is 0 Å². The summed E-state index contributed by atoms with van der Waals surface area (Å²) in [4.78, 5) is 0. The van der Waals surface area contributed by atoms with Crippen LogP contribution in [0.2, 0.25) is 0 Å². The third kappa shape index (κ3) is 3.13. The fraction of sp³-hybridized carbons (Fsp3) is 0.143. The predicted molar refractivity (Wildman–Crippen MR) is 77.6 cm³/mol. The lowest BCUT2D eigenvalue weighted by Gasteiger charge is -2.22. The summed E-state index contributed by atoms with van der Waals surface area (Å²) >= 11 is 0. The lowest BCUT2D eigenvalue weighted by Crippen LogP contribution is -2.32. The highest BCUT2D eigenvalue weighted by atomic mass is 32.2. The van der Waals surface area contributed by atoms with E-state index in [1.807, 2.05) is 38.1 Å². The molecule has 0 fully saturated rings. The molecule has 0 spiro atoms. The molecule has 2 rings (SSSR count). The van der Waals surface area contributed by atoms with Crippen LogP contribution in [0.1, 0.15) is 11.1 Å². The fourth-order valence-corrected chi connectivity index (χ4v) is 2.63. The van der Waals surface area contributed by atoms with Crippen molar-refractivity contribution < 1.29 is 8.42 Å². The molecule has 0 aliphatic heterocycles. The molecule has 0 aliphatic rings. The molecule has 0 aromatic heterocycles. The molecule has 0 heterocycles. The first-order chi connectivity index (χ1) is 8.88. The Balaban J connectivity index is 2.54. The number of hydrogen-bond donors (Lipinski definition) is 1. The van der Waals surface area contributed by atoms with Gasteiger partial charge in [-0.15, -0.1) is 0 Å². The molecule has 5 heteroatoms. The van der Waals surface area contributed by atoms with Crippen molar-refractivity contribution in [3.05, 3.63) is 59.7 Å². The lowest BCUT2D eigenvalue weighted by molar-refractivity contribution is 0.598. The van der Waals surface area contributed by atoms with E-state index in [1.54, 1.807) is 24.3 Å². The highest BCUT2D eigenvalue weighted by molar-refractivity contribution is 7.90. The normalized spacial score (nSPS) is 11.3. The van der Waals surface area contributed by atoms with Gasteiger partial charge in [0.2, 0.25) is 0 Å². The minimum atomic E-state index is -3.86. The van der Waals surface area contributed by atoms with E-state index in [1.165, 1.54) is 0 Å². The van der Waals surface area contributed by atoms with E-state index >= 15 is 0 Å². The van der Waals surface area contributed by atoms with E-state index in [0.717, 1.165) is 15.4 Å². The molecule has 100 valence electrons. The summed E-state index contributed by atoms with van der Waals surface area (Å²) in [5.41, 5.74) is 3.16. The van der Waals surface area contributed by atoms with Gasteiger partial charge in [0, 0.05) is 0 Å². The zero-order valence-electron chi connectivity index (χ0n) is 10.9. The van der Waals surface area contributed by atoms with E-state index in [-0.39, 0.29) is 0 Å². The van der Waals surface area contributed by atoms with Gasteiger partial charge in [0.1, 0.15) is 0 Å². The minimum absolute atomic E-state index is 0.525. The number of nitrogens with two attached hydrogens (primary N) is 1. The molecule has 0 atom stereocenters. The monoisotopic (exact) mass is 276 g/mol. The summed E-state index contributed by atoms with van der Waals surface area (Å²) in [5, 5.41) is 5.32. The Morgan fingerprint density at radius 2 is 1.11 bits per heavy atom. The largest absolute Gasteiger partial charge is 0.303 e. The van der Waals surface area contributed by atoms with Crippen LogP contribution in [0, 0.1) is 13.8 Å². The van der Waals surface area contributed by atoms with Crippen LogP contribution in [0.5, 0.6) is 0 Å². The van der Waals surface area contributed by atoms with Crippen LogP contribution in [0.25, 0.3) is 0 Å². The summed E-state index contributed by atoms with van der Waals surface area (Å²) in [7, 11) is -3.86. The quantitative estimate of drug-likeness (QED) is 0.936. The zero-order valence-corrected chi connectivity index (χ0v) is 11.7. The van der Waals surface area contributed by atoms with Gasteiger partial charge in [-0.3, -0.25) is 0 Å². The number of benzene rings is 2. The molecule has 19 heavy (non-hydrogen) atoms. The van der Waals surface area contributed by atoms with E-state index in [4.69, 9.17) is 5.14 Å². The summed E-state index contributed by atoms with van der Waals surface area (Å²) < 4.78 is 24.7. The molecule has 0 saturated carbocycles. The van der Waals surface area contributed by atoms with Crippen LogP contribution in [0.3, 0.4) is 0 Å². The SMILES string of the molecule is Cc1ccc(N(c2ccc(C)cc2)S(N)(=O)=O)cc1. The van der Waals surface area contributed by atoms with Crippen molar-refractivity contribution in [3.63, 3.8) is 0 Å². The van der Waals surface area contributed by atoms with Crippen LogP contribution >= 0.6 is 0 Å². The maximum absolute atomic E-state index is 11.8. The molecular formula is C14H16N2O2S. The van der Waals surface area contributed by atoms with Crippen molar-refractivity contribution in [2.75, 3.05) is 4.31 Å². The van der Waals surface area contributed by atoms with Crippen molar-refractivity contribution in [1.29, 1.82) is 0 Å². The van der Waals surface area contributed by atoms with Gasteiger partial charge >= 0.3 is 10.2 Å². The van der Waals surface area contributed by atoms with Crippen LogP contribution in [0.4, 0.5) is 11.4 Å². The molecule has 0 unspecified atom stereocenters. The molecule has 0 bridgehead atoms. The van der Waals surface area contributed by atoms with Gasteiger partial charge in [0.25, 0.3) is 0 Å². The highest BCUT2D eigenvalue weighted by Gasteiger charge is 2.19. The van der Waals surface area contributed by atoms with Gasteiger partial charge < -0.3 is 0 Å². The first-order valence-corrected chi connectivity index (χ1v) is 7.34. The number of anilines is 2. The second kappa shape index (κ2) is 5.03. The number of nitrogens with zero attached hydrogens (tertiary/aromatic N) is 1. The first kappa shape index (κ1) is 13.6. The summed E-state index contributed by atoms with van der Waals surface area (Å²) in [6.45, 7) is 3.88. The number of hydrogen-bond acceptors (Lipinski definition) is 2. The minimum Gasteiger partial charge on any atom is -0.226 e. The topological polar surface area (TPSA) is 63.4 Å². The Hall–Kier alpha value is -1.85. The van der Waals surface area contributed by atoms with Crippen LogP contribution in [-0.4, -0.2) is 8.42 Å². The molecule has 0 amide bonds. The van der Waals surface area contributed by atoms with Gasteiger partial charge in [0.15, 0.2) is 0 Å². The number of rotatable bonds is 3. The fourth-order valence-electron chi connectivity index (χ4n) is 1.80. The van der Waals surface area contributed by atoms with Crippen LogP contribution in [-0.2, 0) is 10.2 Å². The standard InChI is InChI=1S/C14H16N2O2S/c1-11-3-7-13(8-4-11)16(19(15,17)18)14-9-5-12(2)6-10-14/h3-10H,1-2H3,(H2,15,17,18). The second-order valence-corrected chi connectivity index (χ2v) is 5.88. The van der Waals surface area contributed by atoms with Crippen molar-refractivity contribution in [2.45, 2.75) is 13.8 Å². The number of aryl methyl sites for hydroxylation is 2. The van der Waals surface area contributed by atoms with E-state index < -0.39 is 10.2 Å². The van der Waals surface area contributed by atoms with E-state index in [9.17, 15) is 8.42 Å². The molecule has 4 nitrogen and oxygen atoms in total. The molecule has 0 radical (unpaired) electrons. The Morgan fingerprint density at radius 1 is 0.789 bits per heavy atom. The third-order valence-electron chi connectivity index (χ3n) is 2.79. The maximum atomic E-state index is 11.8. The van der Waals surface area contributed by atoms with Gasteiger partial charge in [-0.2, -0.15) is 8.42 Å². The third-order valence-corrected chi connectivity index (χ3v) is 3.72. The van der Waals surface area contributed by atoms with Gasteiger partial charge in [-0.05, 0) is 38.1 Å². The van der Waals surface area contributed by atoms with E-state index in [2.05, 4.69) is 0 Å². The summed E-state index contributed by atoms with van der Waals surface area (Å²) in [6.07, 6.45) is 0. The Bertz CT molecular complexity index is 616. The van der Waals surface area contributed by atoms with Gasteiger partial charge in [0.05, 0.1) is 11.4 Å². The molecule has 0 aliphatic carbocycles. The van der Waals surface area contributed by atoms with Crippen LogP contribution in [0.15, 0.2) is 48.5 Å². The lowest BCUT2D eigenvalue weighted by atomic mass is 10.2. The average molecular weight is 276 g/mol. The first-order valence-electron chi connectivity index (χ1n) is 5.84. The Morgan fingerprint density at radius 3 is 1.37 bits per heavy atom. The van der Waals surface area contributed by atoms with E-state index in [0.29, 0.717) is 11.4 Å². The summed E-state index contributed by atoms with van der Waals surface area (Å²) in [5.74, 6) is 0. The Kier molecular flexibility index (Phi) is 3.59. The molecule has 2 aromatic rings. The van der Waals surface area contributed by atoms with Crippen molar-refractivity contribution in [1.82, 2.24) is 0 Å². The smallest absolute Gasteiger partial charge is 0.226 e. The van der Waals surface area contributed by atoms with Crippen molar-refractivity contribution >= 4 is 21.6 Å². The average Bonchev–Trinajstić information content (AvgIpc) is 2.33.